The van der Waals surface area contributed by atoms with Gasteiger partial charge in [-0.2, -0.15) is 4.98 Å². The topological polar surface area (TPSA) is 59.1 Å². The van der Waals surface area contributed by atoms with Crippen molar-refractivity contribution in [2.24, 2.45) is 0 Å². The minimum atomic E-state index is 0.158. The highest BCUT2D eigenvalue weighted by Crippen LogP contribution is 2.21. The zero-order chi connectivity index (χ0) is 16.8. The number of methoxy groups -OCH3 is 1. The van der Waals surface area contributed by atoms with Crippen molar-refractivity contribution in [3.63, 3.8) is 0 Å². The molecule has 0 aliphatic heterocycles. The highest BCUT2D eigenvalue weighted by Gasteiger charge is 2.07. The van der Waals surface area contributed by atoms with Gasteiger partial charge in [0.2, 0.25) is 5.95 Å². The van der Waals surface area contributed by atoms with Gasteiger partial charge in [0.25, 0.3) is 0 Å². The molecular formula is C19H20N4O. The van der Waals surface area contributed by atoms with E-state index in [0.717, 1.165) is 17.3 Å². The Morgan fingerprint density at radius 2 is 1.83 bits per heavy atom. The monoisotopic (exact) mass is 320 g/mol. The quantitative estimate of drug-likeness (QED) is 0.705. The fourth-order valence-corrected chi connectivity index (χ4v) is 2.38. The van der Waals surface area contributed by atoms with Gasteiger partial charge in [-0.1, -0.05) is 36.4 Å². The predicted octanol–water partition coefficient (Wildman–Crippen LogP) is 4.40. The van der Waals surface area contributed by atoms with E-state index in [-0.39, 0.29) is 6.04 Å². The third-order valence-corrected chi connectivity index (χ3v) is 3.65. The van der Waals surface area contributed by atoms with Crippen molar-refractivity contribution in [1.29, 1.82) is 0 Å². The van der Waals surface area contributed by atoms with Gasteiger partial charge in [-0.3, -0.25) is 0 Å². The molecule has 0 amide bonds. The van der Waals surface area contributed by atoms with Crippen molar-refractivity contribution in [1.82, 2.24) is 9.97 Å². The Labute approximate surface area is 141 Å². The molecule has 1 atom stereocenters. The minimum Gasteiger partial charge on any atom is -0.497 e. The maximum Gasteiger partial charge on any atom is 0.229 e. The molecule has 0 bridgehead atoms. The van der Waals surface area contributed by atoms with Gasteiger partial charge in [0.15, 0.2) is 0 Å². The second-order valence-electron chi connectivity index (χ2n) is 5.40. The van der Waals surface area contributed by atoms with Crippen molar-refractivity contribution in [3.8, 4) is 5.75 Å². The van der Waals surface area contributed by atoms with Crippen LogP contribution >= 0.6 is 0 Å². The molecule has 3 rings (SSSR count). The van der Waals surface area contributed by atoms with E-state index in [4.69, 9.17) is 4.74 Å². The molecule has 2 N–H and O–H groups in total. The van der Waals surface area contributed by atoms with E-state index < -0.39 is 0 Å². The molecule has 0 saturated heterocycles. The summed E-state index contributed by atoms with van der Waals surface area (Å²) in [4.78, 5) is 8.78. The lowest BCUT2D eigenvalue weighted by Gasteiger charge is -2.15. The average molecular weight is 320 g/mol. The molecule has 0 spiro atoms. The second-order valence-corrected chi connectivity index (χ2v) is 5.40. The summed E-state index contributed by atoms with van der Waals surface area (Å²) in [6.07, 6.45) is 1.73. The third kappa shape index (κ3) is 4.01. The Morgan fingerprint density at radius 3 is 2.62 bits per heavy atom. The molecule has 3 aromatic rings. The van der Waals surface area contributed by atoms with Gasteiger partial charge < -0.3 is 15.4 Å². The van der Waals surface area contributed by atoms with Gasteiger partial charge in [-0.15, -0.1) is 0 Å². The predicted molar refractivity (Wildman–Crippen MR) is 96.8 cm³/mol. The maximum absolute atomic E-state index is 5.22. The lowest BCUT2D eigenvalue weighted by Crippen LogP contribution is -2.09. The molecule has 1 heterocycles. The highest BCUT2D eigenvalue weighted by molar-refractivity contribution is 5.57. The first-order valence-electron chi connectivity index (χ1n) is 7.80. The summed E-state index contributed by atoms with van der Waals surface area (Å²) in [5, 5.41) is 6.58. The first kappa shape index (κ1) is 15.8. The van der Waals surface area contributed by atoms with Crippen LogP contribution in [0.15, 0.2) is 66.9 Å². The van der Waals surface area contributed by atoms with Crippen LogP contribution in [0.3, 0.4) is 0 Å². The maximum atomic E-state index is 5.22. The fourth-order valence-electron chi connectivity index (χ4n) is 2.38. The number of nitrogens with one attached hydrogen (secondary N) is 2. The summed E-state index contributed by atoms with van der Waals surface area (Å²) in [6, 6.07) is 19.9. The first-order valence-corrected chi connectivity index (χ1v) is 7.80. The highest BCUT2D eigenvalue weighted by atomic mass is 16.5. The molecule has 5 heteroatoms. The van der Waals surface area contributed by atoms with E-state index in [1.807, 2.05) is 48.5 Å². The van der Waals surface area contributed by atoms with Gasteiger partial charge in [0.1, 0.15) is 11.6 Å². The Balaban J connectivity index is 1.72. The molecule has 24 heavy (non-hydrogen) atoms. The van der Waals surface area contributed by atoms with Crippen molar-refractivity contribution >= 4 is 17.5 Å². The van der Waals surface area contributed by atoms with Crippen LogP contribution < -0.4 is 15.4 Å². The molecule has 0 saturated carbocycles. The van der Waals surface area contributed by atoms with Crippen molar-refractivity contribution < 1.29 is 4.74 Å². The lowest BCUT2D eigenvalue weighted by molar-refractivity contribution is 0.415. The number of nitrogens with zero attached hydrogens (tertiary/aromatic N) is 2. The van der Waals surface area contributed by atoms with Gasteiger partial charge >= 0.3 is 0 Å². The van der Waals surface area contributed by atoms with Gasteiger partial charge in [0, 0.05) is 24.0 Å². The van der Waals surface area contributed by atoms with Gasteiger partial charge in [0.05, 0.1) is 7.11 Å². The molecule has 1 unspecified atom stereocenters. The Bertz CT molecular complexity index is 792. The van der Waals surface area contributed by atoms with Gasteiger partial charge in [-0.25, -0.2) is 4.98 Å². The van der Waals surface area contributed by atoms with E-state index in [1.54, 1.807) is 13.3 Å². The summed E-state index contributed by atoms with van der Waals surface area (Å²) < 4.78 is 5.22. The molecule has 0 aliphatic rings. The number of hydrogen-bond acceptors (Lipinski definition) is 5. The number of aromatic nitrogens is 2. The van der Waals surface area contributed by atoms with Crippen LogP contribution in [-0.2, 0) is 0 Å². The number of rotatable bonds is 6. The summed E-state index contributed by atoms with van der Waals surface area (Å²) >= 11 is 0. The van der Waals surface area contributed by atoms with Crippen LogP contribution in [0.2, 0.25) is 0 Å². The molecule has 5 nitrogen and oxygen atoms in total. The Morgan fingerprint density at radius 1 is 1.00 bits per heavy atom. The van der Waals surface area contributed by atoms with Crippen molar-refractivity contribution in [2.45, 2.75) is 13.0 Å². The summed E-state index contributed by atoms with van der Waals surface area (Å²) in [5.41, 5.74) is 2.08. The van der Waals surface area contributed by atoms with E-state index in [0.29, 0.717) is 5.95 Å². The van der Waals surface area contributed by atoms with Crippen LogP contribution in [0.1, 0.15) is 18.5 Å². The zero-order valence-electron chi connectivity index (χ0n) is 13.7. The normalized spacial score (nSPS) is 11.6. The number of hydrogen-bond donors (Lipinski definition) is 2. The van der Waals surface area contributed by atoms with Crippen molar-refractivity contribution in [3.05, 3.63) is 72.4 Å². The summed E-state index contributed by atoms with van der Waals surface area (Å²) in [5.74, 6) is 2.09. The summed E-state index contributed by atoms with van der Waals surface area (Å²) in [7, 11) is 1.64. The van der Waals surface area contributed by atoms with E-state index >= 15 is 0 Å². The molecule has 0 fully saturated rings. The molecule has 2 aromatic carbocycles. The minimum absolute atomic E-state index is 0.158. The van der Waals surface area contributed by atoms with E-state index in [2.05, 4.69) is 39.7 Å². The smallest absolute Gasteiger partial charge is 0.229 e. The van der Waals surface area contributed by atoms with E-state index in [9.17, 15) is 0 Å². The van der Waals surface area contributed by atoms with E-state index in [1.165, 1.54) is 5.56 Å². The molecule has 0 aliphatic carbocycles. The van der Waals surface area contributed by atoms with Crippen LogP contribution in [0.4, 0.5) is 17.5 Å². The van der Waals surface area contributed by atoms with Gasteiger partial charge in [-0.05, 0) is 30.7 Å². The average Bonchev–Trinajstić information content (AvgIpc) is 2.63. The summed E-state index contributed by atoms with van der Waals surface area (Å²) in [6.45, 7) is 2.10. The molecule has 122 valence electrons. The fraction of sp³-hybridized carbons (Fsp3) is 0.158. The first-order chi connectivity index (χ1) is 11.7. The van der Waals surface area contributed by atoms with Crippen LogP contribution in [0, 0.1) is 0 Å². The molecular weight excluding hydrogens is 300 g/mol. The lowest BCUT2D eigenvalue weighted by atomic mass is 10.1. The second kappa shape index (κ2) is 7.46. The number of anilines is 3. The van der Waals surface area contributed by atoms with Crippen LogP contribution in [-0.4, -0.2) is 17.1 Å². The third-order valence-electron chi connectivity index (χ3n) is 3.65. The largest absolute Gasteiger partial charge is 0.497 e. The van der Waals surface area contributed by atoms with Crippen molar-refractivity contribution in [2.75, 3.05) is 17.7 Å². The molecule has 1 aromatic heterocycles. The Kier molecular flexibility index (Phi) is 4.91. The number of benzene rings is 2. The van der Waals surface area contributed by atoms with Crippen LogP contribution in [0.25, 0.3) is 0 Å². The Hall–Kier alpha value is -3.08. The number of ether oxygens (including phenoxy) is 1. The van der Waals surface area contributed by atoms with Crippen LogP contribution in [0.5, 0.6) is 5.75 Å². The standard InChI is InChI=1S/C19H20N4O/c1-14(15-7-4-3-5-8-15)21-18-11-12-20-19(23-18)22-16-9-6-10-17(13-16)24-2/h3-14H,1-2H3,(H2,20,21,22,23). The zero-order valence-corrected chi connectivity index (χ0v) is 13.7. The molecule has 0 radical (unpaired) electrons. The SMILES string of the molecule is COc1cccc(Nc2nccc(NC(C)c3ccccc3)n2)c1.